The highest BCUT2D eigenvalue weighted by Crippen LogP contribution is 2.29. The second kappa shape index (κ2) is 9.47. The minimum Gasteiger partial charge on any atom is -0.368 e. The zero-order valence-electron chi connectivity index (χ0n) is 14.2. The van der Waals surface area contributed by atoms with Crippen LogP contribution in [-0.2, 0) is 6.54 Å². The molecule has 0 saturated carbocycles. The monoisotopic (exact) mass is 354 g/mol. The number of hydrogen-bond donors (Lipinski definition) is 1. The Kier molecular flexibility index (Phi) is 8.35. The van der Waals surface area contributed by atoms with Crippen LogP contribution in [0, 0.1) is 5.92 Å². The minimum absolute atomic E-state index is 0.613. The van der Waals surface area contributed by atoms with Crippen LogP contribution in [-0.4, -0.2) is 19.1 Å². The number of hydrogen-bond acceptors (Lipinski definition) is 2. The number of rotatable bonds is 9. The fraction of sp³-hybridized carbons (Fsp3) is 0.667. The van der Waals surface area contributed by atoms with E-state index in [0.717, 1.165) is 24.1 Å². The van der Waals surface area contributed by atoms with E-state index in [-0.39, 0.29) is 0 Å². The first-order chi connectivity index (χ1) is 10.0. The molecule has 2 nitrogen and oxygen atoms in total. The molecule has 0 fully saturated rings. The summed E-state index contributed by atoms with van der Waals surface area (Å²) in [5.74, 6) is 0.663. The molecule has 0 aliphatic carbocycles. The summed E-state index contributed by atoms with van der Waals surface area (Å²) in [6, 6.07) is 7.30. The lowest BCUT2D eigenvalue weighted by molar-refractivity contribution is 0.505. The van der Waals surface area contributed by atoms with E-state index in [2.05, 4.69) is 79.0 Å². The standard InChI is InChI=1S/C18H31BrN2/c1-6-17(7-2)21(13-14(4)5)18-11-16(19)10-9-15(18)12-20-8-3/h9-11,14,17,20H,6-8,12-13H2,1-5H3. The minimum atomic E-state index is 0.613. The van der Waals surface area contributed by atoms with E-state index in [0.29, 0.717) is 12.0 Å². The number of nitrogens with zero attached hydrogens (tertiary/aromatic N) is 1. The van der Waals surface area contributed by atoms with Crippen molar-refractivity contribution in [3.05, 3.63) is 28.2 Å². The van der Waals surface area contributed by atoms with E-state index < -0.39 is 0 Å². The average molecular weight is 355 g/mol. The highest BCUT2D eigenvalue weighted by Gasteiger charge is 2.19. The van der Waals surface area contributed by atoms with Crippen LogP contribution in [0.1, 0.15) is 53.0 Å². The van der Waals surface area contributed by atoms with E-state index in [1.807, 2.05) is 0 Å². The molecule has 120 valence electrons. The second-order valence-corrected chi connectivity index (χ2v) is 6.99. The number of nitrogens with one attached hydrogen (secondary N) is 1. The van der Waals surface area contributed by atoms with Crippen LogP contribution >= 0.6 is 15.9 Å². The zero-order valence-corrected chi connectivity index (χ0v) is 15.8. The fourth-order valence-corrected chi connectivity index (χ4v) is 3.13. The summed E-state index contributed by atoms with van der Waals surface area (Å²) in [5.41, 5.74) is 2.78. The molecule has 0 unspecified atom stereocenters. The zero-order chi connectivity index (χ0) is 15.8. The van der Waals surface area contributed by atoms with Gasteiger partial charge in [0.15, 0.2) is 0 Å². The average Bonchev–Trinajstić information content (AvgIpc) is 2.45. The van der Waals surface area contributed by atoms with Gasteiger partial charge in [0.1, 0.15) is 0 Å². The molecule has 0 heterocycles. The molecule has 0 atom stereocenters. The van der Waals surface area contributed by atoms with E-state index in [1.54, 1.807) is 0 Å². The molecule has 1 N–H and O–H groups in total. The Morgan fingerprint density at radius 2 is 1.81 bits per heavy atom. The van der Waals surface area contributed by atoms with Crippen molar-refractivity contribution in [2.75, 3.05) is 18.0 Å². The molecule has 0 amide bonds. The van der Waals surface area contributed by atoms with Crippen LogP contribution in [0.15, 0.2) is 22.7 Å². The molecule has 0 aliphatic rings. The Morgan fingerprint density at radius 1 is 1.14 bits per heavy atom. The first-order valence-corrected chi connectivity index (χ1v) is 9.08. The molecule has 0 aliphatic heterocycles. The highest BCUT2D eigenvalue weighted by molar-refractivity contribution is 9.10. The van der Waals surface area contributed by atoms with Gasteiger partial charge in [-0.3, -0.25) is 0 Å². The molecule has 0 aromatic heterocycles. The summed E-state index contributed by atoms with van der Waals surface area (Å²) in [6.45, 7) is 14.4. The largest absolute Gasteiger partial charge is 0.368 e. The van der Waals surface area contributed by atoms with Crippen molar-refractivity contribution >= 4 is 21.6 Å². The predicted octanol–water partition coefficient (Wildman–Crippen LogP) is 5.21. The molecule has 1 rings (SSSR count). The van der Waals surface area contributed by atoms with Crippen molar-refractivity contribution in [1.82, 2.24) is 5.32 Å². The van der Waals surface area contributed by atoms with E-state index >= 15 is 0 Å². The van der Waals surface area contributed by atoms with Gasteiger partial charge >= 0.3 is 0 Å². The maximum absolute atomic E-state index is 3.64. The molecular weight excluding hydrogens is 324 g/mol. The lowest BCUT2D eigenvalue weighted by atomic mass is 10.0. The molecule has 3 heteroatoms. The van der Waals surface area contributed by atoms with Gasteiger partial charge in [-0.05, 0) is 43.0 Å². The maximum Gasteiger partial charge on any atom is 0.0425 e. The van der Waals surface area contributed by atoms with Crippen LogP contribution in [0.3, 0.4) is 0 Å². The lowest BCUT2D eigenvalue weighted by Gasteiger charge is -2.36. The van der Waals surface area contributed by atoms with Crippen molar-refractivity contribution in [1.29, 1.82) is 0 Å². The van der Waals surface area contributed by atoms with Gasteiger partial charge in [-0.2, -0.15) is 0 Å². The molecule has 0 radical (unpaired) electrons. The van der Waals surface area contributed by atoms with Gasteiger partial charge in [0.2, 0.25) is 0 Å². The van der Waals surface area contributed by atoms with Crippen molar-refractivity contribution in [3.63, 3.8) is 0 Å². The second-order valence-electron chi connectivity index (χ2n) is 6.07. The van der Waals surface area contributed by atoms with Crippen molar-refractivity contribution in [2.45, 2.75) is 60.0 Å². The summed E-state index contributed by atoms with van der Waals surface area (Å²) >= 11 is 3.64. The van der Waals surface area contributed by atoms with Gasteiger partial charge in [-0.1, -0.05) is 56.6 Å². The molecule has 1 aromatic carbocycles. The molecule has 1 aromatic rings. The first kappa shape index (κ1) is 18.5. The van der Waals surface area contributed by atoms with Crippen LogP contribution in [0.2, 0.25) is 0 Å². The quantitative estimate of drug-likeness (QED) is 0.654. The molecule has 21 heavy (non-hydrogen) atoms. The molecule has 0 saturated heterocycles. The Labute approximate surface area is 139 Å². The number of anilines is 1. The number of benzene rings is 1. The van der Waals surface area contributed by atoms with E-state index in [9.17, 15) is 0 Å². The SMILES string of the molecule is CCNCc1ccc(Br)cc1N(CC(C)C)C(CC)CC. The predicted molar refractivity (Wildman–Crippen MR) is 98.1 cm³/mol. The summed E-state index contributed by atoms with van der Waals surface area (Å²) in [7, 11) is 0. The maximum atomic E-state index is 3.64. The fourth-order valence-electron chi connectivity index (χ4n) is 2.78. The van der Waals surface area contributed by atoms with Crippen molar-refractivity contribution in [2.24, 2.45) is 5.92 Å². The Hall–Kier alpha value is -0.540. The van der Waals surface area contributed by atoms with Gasteiger partial charge in [0.25, 0.3) is 0 Å². The van der Waals surface area contributed by atoms with Crippen LogP contribution in [0.4, 0.5) is 5.69 Å². The van der Waals surface area contributed by atoms with E-state index in [4.69, 9.17) is 0 Å². The van der Waals surface area contributed by atoms with Gasteiger partial charge in [0.05, 0.1) is 0 Å². The Balaban J connectivity index is 3.16. The van der Waals surface area contributed by atoms with Gasteiger partial charge < -0.3 is 10.2 Å². The molecule has 0 bridgehead atoms. The van der Waals surface area contributed by atoms with Crippen LogP contribution < -0.4 is 10.2 Å². The third kappa shape index (κ3) is 5.63. The molecular formula is C18H31BrN2. The van der Waals surface area contributed by atoms with Crippen molar-refractivity contribution in [3.8, 4) is 0 Å². The summed E-state index contributed by atoms with van der Waals surface area (Å²) < 4.78 is 1.16. The normalized spacial score (nSPS) is 11.4. The van der Waals surface area contributed by atoms with Crippen LogP contribution in [0.25, 0.3) is 0 Å². The van der Waals surface area contributed by atoms with Gasteiger partial charge in [-0.15, -0.1) is 0 Å². The third-order valence-electron chi connectivity index (χ3n) is 3.87. The summed E-state index contributed by atoms with van der Waals surface area (Å²) in [5, 5.41) is 3.47. The Bertz CT molecular complexity index is 414. The Morgan fingerprint density at radius 3 is 2.33 bits per heavy atom. The van der Waals surface area contributed by atoms with Crippen molar-refractivity contribution < 1.29 is 0 Å². The first-order valence-electron chi connectivity index (χ1n) is 8.29. The van der Waals surface area contributed by atoms with Gasteiger partial charge in [0, 0.05) is 29.3 Å². The highest BCUT2D eigenvalue weighted by atomic mass is 79.9. The number of halogens is 1. The van der Waals surface area contributed by atoms with Crippen LogP contribution in [0.5, 0.6) is 0 Å². The smallest absolute Gasteiger partial charge is 0.0425 e. The lowest BCUT2D eigenvalue weighted by Crippen LogP contribution is -2.38. The van der Waals surface area contributed by atoms with Gasteiger partial charge in [-0.25, -0.2) is 0 Å². The third-order valence-corrected chi connectivity index (χ3v) is 4.36. The summed E-state index contributed by atoms with van der Waals surface area (Å²) in [4.78, 5) is 2.61. The topological polar surface area (TPSA) is 15.3 Å². The van der Waals surface area contributed by atoms with E-state index in [1.165, 1.54) is 24.1 Å². The summed E-state index contributed by atoms with van der Waals surface area (Å²) in [6.07, 6.45) is 2.38. The molecule has 0 spiro atoms.